The van der Waals surface area contributed by atoms with Gasteiger partial charge in [-0.1, -0.05) is 17.8 Å². The molecule has 0 aromatic heterocycles. The Balaban J connectivity index is 2.78. The van der Waals surface area contributed by atoms with Gasteiger partial charge in [0.25, 0.3) is 0 Å². The molecule has 0 radical (unpaired) electrons. The topological polar surface area (TPSA) is 122 Å². The van der Waals surface area contributed by atoms with Gasteiger partial charge in [-0.25, -0.2) is 8.42 Å². The summed E-state index contributed by atoms with van der Waals surface area (Å²) < 4.78 is 23.9. The predicted octanol–water partition coefficient (Wildman–Crippen LogP) is 0.254. The van der Waals surface area contributed by atoms with E-state index in [9.17, 15) is 8.42 Å². The van der Waals surface area contributed by atoms with Gasteiger partial charge in [0.1, 0.15) is 0 Å². The number of thioether (sulfide) groups is 1. The van der Waals surface area contributed by atoms with E-state index in [0.29, 0.717) is 5.56 Å². The summed E-state index contributed by atoms with van der Waals surface area (Å²) in [6.45, 7) is 0. The molecule has 18 heavy (non-hydrogen) atoms. The zero-order chi connectivity index (χ0) is 13.6. The second-order valence-electron chi connectivity index (χ2n) is 3.27. The highest BCUT2D eigenvalue weighted by Gasteiger charge is 2.14. The average molecular weight is 284 g/mol. The van der Waals surface area contributed by atoms with Gasteiger partial charge in [0.05, 0.1) is 22.3 Å². The lowest BCUT2D eigenvalue weighted by molar-refractivity contribution is 0.597. The van der Waals surface area contributed by atoms with Crippen molar-refractivity contribution in [3.05, 3.63) is 29.8 Å². The zero-order valence-corrected chi connectivity index (χ0v) is 11.0. The fourth-order valence-electron chi connectivity index (χ4n) is 1.17. The number of nitriles is 1. The van der Waals surface area contributed by atoms with E-state index in [2.05, 4.69) is 5.10 Å². The quantitative estimate of drug-likeness (QED) is 0.354. The maximum atomic E-state index is 11.9. The van der Waals surface area contributed by atoms with Crippen molar-refractivity contribution in [3.8, 4) is 6.07 Å². The molecule has 0 aliphatic rings. The standard InChI is InChI=1S/C10H12N4O2S2/c11-7-8-2-1-3-9(6-8)18(15,16)5-4-17-10(12)14-13/h1-3,6H,4-5,13H2,(H2,12,14). The van der Waals surface area contributed by atoms with E-state index in [1.54, 1.807) is 6.07 Å². The second kappa shape index (κ2) is 6.28. The number of nitrogens with zero attached hydrogens (tertiary/aromatic N) is 2. The van der Waals surface area contributed by atoms with Crippen molar-refractivity contribution in [1.29, 1.82) is 5.26 Å². The van der Waals surface area contributed by atoms with E-state index < -0.39 is 9.84 Å². The molecule has 0 spiro atoms. The van der Waals surface area contributed by atoms with Crippen LogP contribution in [0.15, 0.2) is 34.3 Å². The van der Waals surface area contributed by atoms with Gasteiger partial charge in [-0.3, -0.25) is 0 Å². The van der Waals surface area contributed by atoms with Crippen LogP contribution >= 0.6 is 11.8 Å². The second-order valence-corrected chi connectivity index (χ2v) is 6.50. The predicted molar refractivity (Wildman–Crippen MR) is 71.5 cm³/mol. The summed E-state index contributed by atoms with van der Waals surface area (Å²) in [4.78, 5) is 0.130. The molecule has 1 aromatic rings. The molecule has 4 N–H and O–H groups in total. The van der Waals surface area contributed by atoms with Crippen molar-refractivity contribution in [2.45, 2.75) is 4.90 Å². The van der Waals surface area contributed by atoms with E-state index in [1.807, 2.05) is 6.07 Å². The maximum Gasteiger partial charge on any atom is 0.179 e. The Hall–Kier alpha value is -1.72. The molecule has 0 aliphatic carbocycles. The van der Waals surface area contributed by atoms with Gasteiger partial charge in [-0.2, -0.15) is 10.4 Å². The first kappa shape index (κ1) is 14.3. The number of hydrogen-bond acceptors (Lipinski definition) is 6. The molecule has 0 atom stereocenters. The largest absolute Gasteiger partial charge is 0.377 e. The summed E-state index contributed by atoms with van der Waals surface area (Å²) >= 11 is 1.07. The molecule has 0 bridgehead atoms. The Kier molecular flexibility index (Phi) is 5.00. The third-order valence-electron chi connectivity index (χ3n) is 2.05. The number of hydrogen-bond donors (Lipinski definition) is 2. The number of nitrogens with two attached hydrogens (primary N) is 2. The Labute approximate surface area is 110 Å². The summed E-state index contributed by atoms with van der Waals surface area (Å²) in [6.07, 6.45) is 0. The molecule has 0 saturated carbocycles. The van der Waals surface area contributed by atoms with Gasteiger partial charge >= 0.3 is 0 Å². The van der Waals surface area contributed by atoms with Gasteiger partial charge < -0.3 is 11.6 Å². The molecule has 6 nitrogen and oxygen atoms in total. The smallest absolute Gasteiger partial charge is 0.179 e. The third kappa shape index (κ3) is 3.94. The summed E-state index contributed by atoms with van der Waals surface area (Å²) in [5, 5.41) is 12.1. The fourth-order valence-corrected chi connectivity index (χ4v) is 3.49. The summed E-state index contributed by atoms with van der Waals surface area (Å²) in [5.74, 6) is 5.09. The first-order chi connectivity index (χ1) is 8.49. The van der Waals surface area contributed by atoms with Crippen LogP contribution in [0.5, 0.6) is 0 Å². The average Bonchev–Trinajstić information content (AvgIpc) is 2.38. The molecule has 1 rings (SSSR count). The van der Waals surface area contributed by atoms with Crippen LogP contribution in [0.25, 0.3) is 0 Å². The number of sulfone groups is 1. The van der Waals surface area contributed by atoms with Crippen molar-refractivity contribution in [1.82, 2.24) is 0 Å². The normalized spacial score (nSPS) is 12.1. The number of benzene rings is 1. The molecular formula is C10H12N4O2S2. The Morgan fingerprint density at radius 2 is 2.22 bits per heavy atom. The van der Waals surface area contributed by atoms with E-state index in [0.717, 1.165) is 11.8 Å². The van der Waals surface area contributed by atoms with Gasteiger partial charge in [-0.05, 0) is 18.2 Å². The first-order valence-corrected chi connectivity index (χ1v) is 7.52. The van der Waals surface area contributed by atoms with Crippen molar-refractivity contribution in [2.75, 3.05) is 11.5 Å². The SMILES string of the molecule is N#Cc1cccc(S(=O)(=O)CCS/C(N)=N\N)c1. The minimum Gasteiger partial charge on any atom is -0.377 e. The zero-order valence-electron chi connectivity index (χ0n) is 9.41. The molecule has 1 aromatic carbocycles. The van der Waals surface area contributed by atoms with Crippen molar-refractivity contribution < 1.29 is 8.42 Å². The van der Waals surface area contributed by atoms with Crippen molar-refractivity contribution >= 4 is 26.8 Å². The molecular weight excluding hydrogens is 272 g/mol. The Morgan fingerprint density at radius 3 is 2.83 bits per heavy atom. The van der Waals surface area contributed by atoms with Gasteiger partial charge in [0.2, 0.25) is 0 Å². The lowest BCUT2D eigenvalue weighted by atomic mass is 10.2. The summed E-state index contributed by atoms with van der Waals surface area (Å²) in [6, 6.07) is 7.79. The Morgan fingerprint density at radius 1 is 1.50 bits per heavy atom. The molecule has 0 unspecified atom stereocenters. The summed E-state index contributed by atoms with van der Waals surface area (Å²) in [7, 11) is -3.42. The van der Waals surface area contributed by atoms with Gasteiger partial charge in [0, 0.05) is 5.75 Å². The molecule has 0 saturated heterocycles. The molecule has 96 valence electrons. The minimum atomic E-state index is -3.42. The highest BCUT2D eigenvalue weighted by Crippen LogP contribution is 2.14. The Bertz CT molecular complexity index is 590. The van der Waals surface area contributed by atoms with Crippen LogP contribution in [-0.2, 0) is 9.84 Å². The molecule has 8 heteroatoms. The van der Waals surface area contributed by atoms with Crippen molar-refractivity contribution in [2.24, 2.45) is 16.7 Å². The minimum absolute atomic E-state index is 0.0945. The number of rotatable bonds is 4. The monoisotopic (exact) mass is 284 g/mol. The summed E-state index contributed by atoms with van der Waals surface area (Å²) in [5.41, 5.74) is 5.65. The molecule has 0 aliphatic heterocycles. The number of amidine groups is 1. The van der Waals surface area contributed by atoms with E-state index in [-0.39, 0.29) is 21.6 Å². The van der Waals surface area contributed by atoms with Crippen LogP contribution < -0.4 is 11.6 Å². The first-order valence-electron chi connectivity index (χ1n) is 4.88. The van der Waals surface area contributed by atoms with E-state index >= 15 is 0 Å². The van der Waals surface area contributed by atoms with Crippen molar-refractivity contribution in [3.63, 3.8) is 0 Å². The fraction of sp³-hybridized carbons (Fsp3) is 0.200. The highest BCUT2D eigenvalue weighted by molar-refractivity contribution is 8.14. The third-order valence-corrected chi connectivity index (χ3v) is 4.83. The van der Waals surface area contributed by atoms with Crippen LogP contribution in [0.2, 0.25) is 0 Å². The van der Waals surface area contributed by atoms with Gasteiger partial charge in [0.15, 0.2) is 15.0 Å². The van der Waals surface area contributed by atoms with E-state index in [4.69, 9.17) is 16.8 Å². The van der Waals surface area contributed by atoms with Crippen LogP contribution in [0.3, 0.4) is 0 Å². The molecule has 0 amide bonds. The maximum absolute atomic E-state index is 11.9. The lowest BCUT2D eigenvalue weighted by Gasteiger charge is -2.04. The highest BCUT2D eigenvalue weighted by atomic mass is 32.2. The molecule has 0 heterocycles. The van der Waals surface area contributed by atoms with Crippen LogP contribution in [-0.4, -0.2) is 25.1 Å². The van der Waals surface area contributed by atoms with Crippen LogP contribution in [0.1, 0.15) is 5.56 Å². The lowest BCUT2D eigenvalue weighted by Crippen LogP contribution is -2.14. The number of hydrazone groups is 1. The molecule has 0 fully saturated rings. The van der Waals surface area contributed by atoms with E-state index in [1.165, 1.54) is 18.2 Å². The van der Waals surface area contributed by atoms with Crippen LogP contribution in [0.4, 0.5) is 0 Å². The van der Waals surface area contributed by atoms with Crippen LogP contribution in [0, 0.1) is 11.3 Å². The van der Waals surface area contributed by atoms with Gasteiger partial charge in [-0.15, -0.1) is 0 Å².